The van der Waals surface area contributed by atoms with Gasteiger partial charge in [0.15, 0.2) is 6.61 Å². The van der Waals surface area contributed by atoms with Crippen LogP contribution in [0.2, 0.25) is 0 Å². The van der Waals surface area contributed by atoms with Crippen LogP contribution < -0.4 is 10.0 Å². The van der Waals surface area contributed by atoms with E-state index < -0.39 is 35.1 Å². The van der Waals surface area contributed by atoms with Crippen LogP contribution in [0.15, 0.2) is 23.1 Å². The highest BCUT2D eigenvalue weighted by molar-refractivity contribution is 7.89. The van der Waals surface area contributed by atoms with Crippen molar-refractivity contribution in [2.45, 2.75) is 30.6 Å². The van der Waals surface area contributed by atoms with Crippen molar-refractivity contribution >= 4 is 21.9 Å². The molecule has 2 N–H and O–H groups in total. The van der Waals surface area contributed by atoms with E-state index in [2.05, 4.69) is 20.7 Å². The zero-order valence-corrected chi connectivity index (χ0v) is 14.5. The summed E-state index contributed by atoms with van der Waals surface area (Å²) in [5.41, 5.74) is 2.20. The molecule has 134 valence electrons. The summed E-state index contributed by atoms with van der Waals surface area (Å²) >= 11 is 0. The molecule has 0 saturated carbocycles. The van der Waals surface area contributed by atoms with Gasteiger partial charge in [0.25, 0.3) is 5.91 Å². The maximum atomic E-state index is 12.3. The average Bonchev–Trinajstić information content (AvgIpc) is 2.62. The van der Waals surface area contributed by atoms with Crippen molar-refractivity contribution in [3.8, 4) is 12.3 Å². The van der Waals surface area contributed by atoms with Gasteiger partial charge in [-0.2, -0.15) is 4.72 Å². The fourth-order valence-corrected chi connectivity index (χ4v) is 3.53. The van der Waals surface area contributed by atoms with Crippen molar-refractivity contribution in [3.63, 3.8) is 0 Å². The van der Waals surface area contributed by atoms with Gasteiger partial charge in [-0.15, -0.1) is 6.42 Å². The van der Waals surface area contributed by atoms with Gasteiger partial charge in [0, 0.05) is 0 Å². The Bertz CT molecular complexity index is 796. The summed E-state index contributed by atoms with van der Waals surface area (Å²) in [5.74, 6) is 0.805. The minimum Gasteiger partial charge on any atom is -0.455 e. The number of benzene rings is 1. The number of carbonyl (C=O) groups excluding carboxylic acids is 2. The summed E-state index contributed by atoms with van der Waals surface area (Å²) in [5, 5.41) is 2.32. The maximum Gasteiger partial charge on any atom is 0.321 e. The van der Waals surface area contributed by atoms with E-state index in [-0.39, 0.29) is 11.4 Å². The summed E-state index contributed by atoms with van der Waals surface area (Å²) in [4.78, 5) is 22.9. The number of amides is 1. The summed E-state index contributed by atoms with van der Waals surface area (Å²) in [6.45, 7) is -1.04. The van der Waals surface area contributed by atoms with Gasteiger partial charge in [-0.05, 0) is 48.9 Å². The number of terminal acetylenes is 1. The Morgan fingerprint density at radius 2 is 1.92 bits per heavy atom. The molecule has 1 aromatic carbocycles. The quantitative estimate of drug-likeness (QED) is 0.529. The fraction of sp³-hybridized carbons (Fsp3) is 0.412. The molecule has 0 atom stereocenters. The van der Waals surface area contributed by atoms with Gasteiger partial charge in [-0.25, -0.2) is 8.42 Å². The molecule has 0 aromatic heterocycles. The first-order valence-corrected chi connectivity index (χ1v) is 9.38. The van der Waals surface area contributed by atoms with Crippen LogP contribution in [0, 0.1) is 12.3 Å². The molecule has 1 aromatic rings. The van der Waals surface area contributed by atoms with E-state index in [1.165, 1.54) is 11.6 Å². The Labute approximate surface area is 147 Å². The fourth-order valence-electron chi connectivity index (χ4n) is 2.51. The molecule has 0 heterocycles. The summed E-state index contributed by atoms with van der Waals surface area (Å²) in [6, 6.07) is 5.00. The van der Waals surface area contributed by atoms with Crippen LogP contribution in [0.5, 0.6) is 0 Å². The van der Waals surface area contributed by atoms with E-state index in [4.69, 9.17) is 6.42 Å². The molecule has 0 aliphatic heterocycles. The third-order valence-electron chi connectivity index (χ3n) is 3.79. The van der Waals surface area contributed by atoms with Crippen LogP contribution in [0.4, 0.5) is 0 Å². The topological polar surface area (TPSA) is 102 Å². The highest BCUT2D eigenvalue weighted by atomic mass is 32.2. The van der Waals surface area contributed by atoms with Gasteiger partial charge in [-0.1, -0.05) is 12.0 Å². The Kier molecular flexibility index (Phi) is 6.56. The van der Waals surface area contributed by atoms with E-state index in [0.717, 1.165) is 31.2 Å². The van der Waals surface area contributed by atoms with E-state index >= 15 is 0 Å². The van der Waals surface area contributed by atoms with Gasteiger partial charge in [0.2, 0.25) is 10.0 Å². The molecule has 25 heavy (non-hydrogen) atoms. The Balaban J connectivity index is 1.88. The lowest BCUT2D eigenvalue weighted by molar-refractivity contribution is -0.147. The average molecular weight is 364 g/mol. The Hall–Kier alpha value is -2.37. The highest BCUT2D eigenvalue weighted by Crippen LogP contribution is 2.23. The predicted octanol–water partition coefficient (Wildman–Crippen LogP) is 0.136. The predicted molar refractivity (Wildman–Crippen MR) is 91.1 cm³/mol. The third-order valence-corrected chi connectivity index (χ3v) is 5.19. The molecule has 0 fully saturated rings. The van der Waals surface area contributed by atoms with Crippen LogP contribution in [0.3, 0.4) is 0 Å². The summed E-state index contributed by atoms with van der Waals surface area (Å²) in [6.07, 6.45) is 8.94. The highest BCUT2D eigenvalue weighted by Gasteiger charge is 2.19. The number of hydrogen-bond donors (Lipinski definition) is 2. The third kappa shape index (κ3) is 5.59. The second kappa shape index (κ2) is 8.65. The number of ether oxygens (including phenoxy) is 1. The normalized spacial score (nSPS) is 13.4. The number of esters is 1. The lowest BCUT2D eigenvalue weighted by atomic mass is 9.92. The molecule has 0 radical (unpaired) electrons. The molecule has 0 unspecified atom stereocenters. The zero-order valence-electron chi connectivity index (χ0n) is 13.7. The molecular weight excluding hydrogens is 344 g/mol. The smallest absolute Gasteiger partial charge is 0.321 e. The van der Waals surface area contributed by atoms with Gasteiger partial charge in [-0.3, -0.25) is 9.59 Å². The Morgan fingerprint density at radius 3 is 2.64 bits per heavy atom. The number of carbonyl (C=O) groups is 2. The van der Waals surface area contributed by atoms with Crippen LogP contribution in [-0.4, -0.2) is 40.0 Å². The molecule has 8 heteroatoms. The van der Waals surface area contributed by atoms with E-state index in [1.54, 1.807) is 6.07 Å². The molecule has 1 aliphatic carbocycles. The van der Waals surface area contributed by atoms with Gasteiger partial charge in [0.05, 0.1) is 11.4 Å². The van der Waals surface area contributed by atoms with Crippen molar-refractivity contribution in [1.29, 1.82) is 0 Å². The minimum absolute atomic E-state index is 0.0291. The van der Waals surface area contributed by atoms with Crippen molar-refractivity contribution in [2.75, 3.05) is 19.7 Å². The zero-order chi connectivity index (χ0) is 18.3. The van der Waals surface area contributed by atoms with Crippen LogP contribution in [-0.2, 0) is 37.2 Å². The maximum absolute atomic E-state index is 12.3. The number of aryl methyl sites for hydroxylation is 2. The standard InChI is InChI=1S/C17H20N2O5S/c1-2-9-18-16(20)12-24-17(21)11-19-25(22,23)15-8-7-13-5-3-4-6-14(13)10-15/h1,7-8,10,19H,3-6,9,11-12H2,(H,18,20). The second-order valence-corrected chi connectivity index (χ2v) is 7.37. The van der Waals surface area contributed by atoms with Crippen molar-refractivity contribution in [2.24, 2.45) is 0 Å². The largest absolute Gasteiger partial charge is 0.455 e. The van der Waals surface area contributed by atoms with Crippen molar-refractivity contribution in [1.82, 2.24) is 10.0 Å². The molecule has 7 nitrogen and oxygen atoms in total. The first-order chi connectivity index (χ1) is 11.9. The number of nitrogens with one attached hydrogen (secondary N) is 2. The minimum atomic E-state index is -3.82. The summed E-state index contributed by atoms with van der Waals surface area (Å²) in [7, 11) is -3.82. The second-order valence-electron chi connectivity index (χ2n) is 5.60. The molecular formula is C17H20N2O5S. The van der Waals surface area contributed by atoms with E-state index in [9.17, 15) is 18.0 Å². The van der Waals surface area contributed by atoms with Gasteiger partial charge in [0.1, 0.15) is 6.54 Å². The molecule has 1 amide bonds. The van der Waals surface area contributed by atoms with Gasteiger partial charge < -0.3 is 10.1 Å². The monoisotopic (exact) mass is 364 g/mol. The number of hydrogen-bond acceptors (Lipinski definition) is 5. The lowest BCUT2D eigenvalue weighted by Crippen LogP contribution is -2.34. The molecule has 0 saturated heterocycles. The molecule has 2 rings (SSSR count). The lowest BCUT2D eigenvalue weighted by Gasteiger charge is -2.16. The SMILES string of the molecule is C#CCNC(=O)COC(=O)CNS(=O)(=O)c1ccc2c(c1)CCCC2. The van der Waals surface area contributed by atoms with Crippen LogP contribution >= 0.6 is 0 Å². The van der Waals surface area contributed by atoms with E-state index in [0.29, 0.717) is 0 Å². The Morgan fingerprint density at radius 1 is 1.20 bits per heavy atom. The molecule has 0 spiro atoms. The first kappa shape index (κ1) is 19.0. The number of fused-ring (bicyclic) bond motifs is 1. The summed E-state index contributed by atoms with van der Waals surface area (Å²) < 4.78 is 31.4. The molecule has 0 bridgehead atoms. The van der Waals surface area contributed by atoms with E-state index in [1.807, 2.05) is 6.07 Å². The molecule has 1 aliphatic rings. The first-order valence-electron chi connectivity index (χ1n) is 7.89. The van der Waals surface area contributed by atoms with Crippen molar-refractivity contribution < 1.29 is 22.7 Å². The number of sulfonamides is 1. The van der Waals surface area contributed by atoms with Gasteiger partial charge >= 0.3 is 5.97 Å². The number of rotatable bonds is 7. The van der Waals surface area contributed by atoms with Crippen LogP contribution in [0.25, 0.3) is 0 Å². The van der Waals surface area contributed by atoms with Crippen molar-refractivity contribution in [3.05, 3.63) is 29.3 Å². The van der Waals surface area contributed by atoms with Crippen LogP contribution in [0.1, 0.15) is 24.0 Å².